The van der Waals surface area contributed by atoms with Gasteiger partial charge in [-0.2, -0.15) is 0 Å². The van der Waals surface area contributed by atoms with Crippen LogP contribution in [0.15, 0.2) is 59.0 Å². The summed E-state index contributed by atoms with van der Waals surface area (Å²) < 4.78 is 11.3. The summed E-state index contributed by atoms with van der Waals surface area (Å²) in [6, 6.07) is 16.4. The van der Waals surface area contributed by atoms with Gasteiger partial charge >= 0.3 is 5.97 Å². The SMILES string of the molecule is O=C(CNC(=O)c1ccccc1I)OCc1nnc(-c2ccccc2)o1. The summed E-state index contributed by atoms with van der Waals surface area (Å²) in [5.74, 6) is -0.399. The van der Waals surface area contributed by atoms with Gasteiger partial charge in [-0.25, -0.2) is 0 Å². The zero-order valence-corrected chi connectivity index (χ0v) is 15.7. The number of esters is 1. The molecule has 1 aromatic heterocycles. The molecule has 3 rings (SSSR count). The zero-order valence-electron chi connectivity index (χ0n) is 13.5. The van der Waals surface area contributed by atoms with E-state index in [1.807, 2.05) is 42.5 Å². The average Bonchev–Trinajstić information content (AvgIpc) is 3.14. The summed E-state index contributed by atoms with van der Waals surface area (Å²) in [4.78, 5) is 23.8. The first-order valence-corrected chi connectivity index (χ1v) is 8.77. The Morgan fingerprint density at radius 2 is 1.77 bits per heavy atom. The molecule has 0 unspecified atom stereocenters. The molecule has 1 heterocycles. The van der Waals surface area contributed by atoms with Gasteiger partial charge in [-0.1, -0.05) is 30.3 Å². The topological polar surface area (TPSA) is 94.3 Å². The van der Waals surface area contributed by atoms with E-state index in [-0.39, 0.29) is 24.9 Å². The number of carbonyl (C=O) groups excluding carboxylic acids is 2. The van der Waals surface area contributed by atoms with Gasteiger partial charge in [0.2, 0.25) is 5.89 Å². The molecular formula is C18H14IN3O4. The van der Waals surface area contributed by atoms with Gasteiger partial charge in [0, 0.05) is 9.13 Å². The largest absolute Gasteiger partial charge is 0.454 e. The number of carbonyl (C=O) groups is 2. The summed E-state index contributed by atoms with van der Waals surface area (Å²) in [5, 5.41) is 10.3. The maximum atomic E-state index is 12.0. The molecule has 0 aliphatic carbocycles. The second-order valence-corrected chi connectivity index (χ2v) is 6.35. The smallest absolute Gasteiger partial charge is 0.325 e. The lowest BCUT2D eigenvalue weighted by Crippen LogP contribution is -2.31. The minimum atomic E-state index is -0.594. The molecular weight excluding hydrogens is 449 g/mol. The zero-order chi connectivity index (χ0) is 18.4. The van der Waals surface area contributed by atoms with Crippen LogP contribution in [0, 0.1) is 3.57 Å². The van der Waals surface area contributed by atoms with Gasteiger partial charge in [0.05, 0.1) is 5.56 Å². The molecule has 0 saturated carbocycles. The second-order valence-electron chi connectivity index (χ2n) is 5.19. The van der Waals surface area contributed by atoms with E-state index >= 15 is 0 Å². The summed E-state index contributed by atoms with van der Waals surface area (Å²) in [6.45, 7) is -0.402. The van der Waals surface area contributed by atoms with Crippen molar-refractivity contribution < 1.29 is 18.7 Å². The molecule has 0 bridgehead atoms. The van der Waals surface area contributed by atoms with Gasteiger partial charge in [0.1, 0.15) is 6.54 Å². The third kappa shape index (κ3) is 4.66. The van der Waals surface area contributed by atoms with E-state index in [0.717, 1.165) is 9.13 Å². The number of hydrogen-bond acceptors (Lipinski definition) is 6. The number of ether oxygens (including phenoxy) is 1. The predicted octanol–water partition coefficient (Wildman–Crippen LogP) is 2.81. The number of amides is 1. The molecule has 26 heavy (non-hydrogen) atoms. The highest BCUT2D eigenvalue weighted by molar-refractivity contribution is 14.1. The van der Waals surface area contributed by atoms with Gasteiger partial charge in [-0.15, -0.1) is 10.2 Å². The Hall–Kier alpha value is -2.75. The summed E-state index contributed by atoms with van der Waals surface area (Å²) >= 11 is 2.06. The summed E-state index contributed by atoms with van der Waals surface area (Å²) in [7, 11) is 0. The molecule has 0 aliphatic rings. The van der Waals surface area contributed by atoms with Crippen LogP contribution in [0.5, 0.6) is 0 Å². The number of aromatic nitrogens is 2. The van der Waals surface area contributed by atoms with Crippen molar-refractivity contribution in [3.05, 3.63) is 69.6 Å². The lowest BCUT2D eigenvalue weighted by molar-refractivity contribution is -0.144. The Bertz CT molecular complexity index is 912. The van der Waals surface area contributed by atoms with E-state index < -0.39 is 5.97 Å². The normalized spacial score (nSPS) is 10.3. The van der Waals surface area contributed by atoms with Crippen molar-refractivity contribution in [2.24, 2.45) is 0 Å². The molecule has 0 atom stereocenters. The molecule has 7 nitrogen and oxygen atoms in total. The number of rotatable bonds is 6. The maximum absolute atomic E-state index is 12.0. The van der Waals surface area contributed by atoms with E-state index in [2.05, 4.69) is 38.1 Å². The highest BCUT2D eigenvalue weighted by atomic mass is 127. The van der Waals surface area contributed by atoms with E-state index in [9.17, 15) is 9.59 Å². The Morgan fingerprint density at radius 3 is 2.54 bits per heavy atom. The number of benzene rings is 2. The van der Waals surface area contributed by atoms with Crippen LogP contribution in [-0.2, 0) is 16.1 Å². The van der Waals surface area contributed by atoms with Crippen molar-refractivity contribution in [2.45, 2.75) is 6.61 Å². The molecule has 0 saturated heterocycles. The third-order valence-corrected chi connectivity index (χ3v) is 4.30. The van der Waals surface area contributed by atoms with Crippen LogP contribution >= 0.6 is 22.6 Å². The number of hydrogen-bond donors (Lipinski definition) is 1. The van der Waals surface area contributed by atoms with Crippen molar-refractivity contribution in [3.63, 3.8) is 0 Å². The Morgan fingerprint density at radius 1 is 1.04 bits per heavy atom. The standard InChI is InChI=1S/C18H14IN3O4/c19-14-9-5-4-8-13(14)17(24)20-10-16(23)25-11-15-21-22-18(26-15)12-6-2-1-3-7-12/h1-9H,10-11H2,(H,20,24). The Balaban J connectivity index is 1.48. The monoisotopic (exact) mass is 463 g/mol. The van der Waals surface area contributed by atoms with Crippen LogP contribution in [-0.4, -0.2) is 28.6 Å². The Labute approximate surface area is 162 Å². The lowest BCUT2D eigenvalue weighted by Gasteiger charge is -2.06. The van der Waals surface area contributed by atoms with Crippen molar-refractivity contribution in [2.75, 3.05) is 6.54 Å². The summed E-state index contributed by atoms with van der Waals surface area (Å²) in [5.41, 5.74) is 1.28. The first-order valence-electron chi connectivity index (χ1n) is 7.69. The minimum absolute atomic E-state index is 0.155. The van der Waals surface area contributed by atoms with Crippen molar-refractivity contribution >= 4 is 34.5 Å². The number of nitrogens with zero attached hydrogens (tertiary/aromatic N) is 2. The van der Waals surface area contributed by atoms with Gasteiger partial charge in [0.15, 0.2) is 6.61 Å². The van der Waals surface area contributed by atoms with Crippen LogP contribution in [0.4, 0.5) is 0 Å². The highest BCUT2D eigenvalue weighted by Gasteiger charge is 2.13. The predicted molar refractivity (Wildman–Crippen MR) is 101 cm³/mol. The fourth-order valence-corrected chi connectivity index (χ4v) is 2.73. The Kier molecular flexibility index (Phi) is 5.95. The lowest BCUT2D eigenvalue weighted by atomic mass is 10.2. The van der Waals surface area contributed by atoms with E-state index in [1.54, 1.807) is 12.1 Å². The van der Waals surface area contributed by atoms with E-state index in [1.165, 1.54) is 0 Å². The molecule has 1 N–H and O–H groups in total. The van der Waals surface area contributed by atoms with Gasteiger partial charge in [-0.05, 0) is 46.9 Å². The number of halogens is 1. The molecule has 1 amide bonds. The first-order chi connectivity index (χ1) is 12.6. The minimum Gasteiger partial charge on any atom is -0.454 e. The fourth-order valence-electron chi connectivity index (χ4n) is 2.10. The van der Waals surface area contributed by atoms with Crippen LogP contribution in [0.2, 0.25) is 0 Å². The molecule has 0 radical (unpaired) electrons. The van der Waals surface area contributed by atoms with Gasteiger partial charge in [-0.3, -0.25) is 9.59 Å². The fraction of sp³-hybridized carbons (Fsp3) is 0.111. The molecule has 0 spiro atoms. The first kappa shape index (κ1) is 18.1. The van der Waals surface area contributed by atoms with Crippen LogP contribution in [0.1, 0.15) is 16.2 Å². The average molecular weight is 463 g/mol. The van der Waals surface area contributed by atoms with Crippen LogP contribution < -0.4 is 5.32 Å². The van der Waals surface area contributed by atoms with Crippen molar-refractivity contribution in [1.29, 1.82) is 0 Å². The molecule has 0 aliphatic heterocycles. The van der Waals surface area contributed by atoms with Crippen molar-refractivity contribution in [1.82, 2.24) is 15.5 Å². The molecule has 8 heteroatoms. The maximum Gasteiger partial charge on any atom is 0.325 e. The second kappa shape index (κ2) is 8.56. The number of nitrogens with one attached hydrogen (secondary N) is 1. The van der Waals surface area contributed by atoms with Gasteiger partial charge < -0.3 is 14.5 Å². The third-order valence-electron chi connectivity index (χ3n) is 3.36. The molecule has 132 valence electrons. The van der Waals surface area contributed by atoms with Gasteiger partial charge in [0.25, 0.3) is 11.8 Å². The van der Waals surface area contributed by atoms with Crippen LogP contribution in [0.25, 0.3) is 11.5 Å². The molecule has 0 fully saturated rings. The quantitative estimate of drug-likeness (QED) is 0.447. The van der Waals surface area contributed by atoms with E-state index in [0.29, 0.717) is 11.5 Å². The highest BCUT2D eigenvalue weighted by Crippen LogP contribution is 2.17. The van der Waals surface area contributed by atoms with E-state index in [4.69, 9.17) is 9.15 Å². The summed E-state index contributed by atoms with van der Waals surface area (Å²) in [6.07, 6.45) is 0. The van der Waals surface area contributed by atoms with Crippen molar-refractivity contribution in [3.8, 4) is 11.5 Å². The molecule has 2 aromatic carbocycles. The molecule has 3 aromatic rings. The van der Waals surface area contributed by atoms with Crippen LogP contribution in [0.3, 0.4) is 0 Å².